The summed E-state index contributed by atoms with van der Waals surface area (Å²) >= 11 is 0. The molecule has 3 rings (SSSR count). The fraction of sp³-hybridized carbons (Fsp3) is 0.444. The Morgan fingerprint density at radius 1 is 1.15 bits per heavy atom. The molecule has 2 N–H and O–H groups in total. The molecule has 1 saturated heterocycles. The van der Waals surface area contributed by atoms with Gasteiger partial charge in [0.15, 0.2) is 0 Å². The average Bonchev–Trinajstić information content (AvgIpc) is 2.65. The lowest BCUT2D eigenvalue weighted by Crippen LogP contribution is -2.47. The van der Waals surface area contributed by atoms with Gasteiger partial charge in [-0.1, -0.05) is 12.1 Å². The van der Waals surface area contributed by atoms with Crippen LogP contribution >= 0.6 is 0 Å². The predicted molar refractivity (Wildman–Crippen MR) is 94.1 cm³/mol. The molecule has 1 aromatic carbocycles. The van der Waals surface area contributed by atoms with E-state index < -0.39 is 17.5 Å². The molecule has 2 aromatic rings. The third kappa shape index (κ3) is 4.64. The van der Waals surface area contributed by atoms with Gasteiger partial charge in [0.25, 0.3) is 5.56 Å². The van der Waals surface area contributed by atoms with Crippen molar-refractivity contribution in [1.82, 2.24) is 14.9 Å². The third-order valence-corrected chi connectivity index (χ3v) is 4.62. The first-order valence-electron chi connectivity index (χ1n) is 8.68. The van der Waals surface area contributed by atoms with Crippen molar-refractivity contribution in [1.29, 1.82) is 0 Å². The number of aromatic nitrogens is 2. The number of halogens is 2. The molecule has 0 amide bonds. The molecule has 1 atom stereocenters. The first-order valence-corrected chi connectivity index (χ1v) is 8.68. The largest absolute Gasteiger partial charge is 0.388 e. The Kier molecular flexibility index (Phi) is 5.95. The topological polar surface area (TPSA) is 72.5 Å². The van der Waals surface area contributed by atoms with Gasteiger partial charge in [-0.3, -0.25) is 14.7 Å². The number of aromatic amines is 1. The molecule has 0 spiro atoms. The fourth-order valence-corrected chi connectivity index (χ4v) is 3.07. The van der Waals surface area contributed by atoms with Gasteiger partial charge in [0, 0.05) is 26.2 Å². The standard InChI is InChI=1S/C18H22F2N4O2/c19-14-5-3-13(4-6-14)16(25)2-1-7-23-8-10-24(11-9-23)18-21-12-15(20)17(26)22-18/h3-6,12,16,25H,1-2,7-11H2,(H,21,22,26). The van der Waals surface area contributed by atoms with Crippen LogP contribution < -0.4 is 10.5 Å². The Hall–Kier alpha value is -2.32. The number of nitrogens with one attached hydrogen (secondary N) is 1. The van der Waals surface area contributed by atoms with Crippen LogP contribution in [0.4, 0.5) is 14.7 Å². The zero-order chi connectivity index (χ0) is 18.5. The Labute approximate surface area is 150 Å². The number of rotatable bonds is 6. The highest BCUT2D eigenvalue weighted by molar-refractivity contribution is 5.29. The second-order valence-corrected chi connectivity index (χ2v) is 6.42. The lowest BCUT2D eigenvalue weighted by atomic mass is 10.0. The maximum atomic E-state index is 13.0. The van der Waals surface area contributed by atoms with E-state index in [9.17, 15) is 18.7 Å². The van der Waals surface area contributed by atoms with Gasteiger partial charge >= 0.3 is 0 Å². The summed E-state index contributed by atoms with van der Waals surface area (Å²) in [5.41, 5.74) is -0.0326. The third-order valence-electron chi connectivity index (χ3n) is 4.62. The number of aliphatic hydroxyl groups is 1. The summed E-state index contributed by atoms with van der Waals surface area (Å²) in [6.45, 7) is 3.82. The maximum absolute atomic E-state index is 13.0. The van der Waals surface area contributed by atoms with E-state index in [2.05, 4.69) is 14.9 Å². The maximum Gasteiger partial charge on any atom is 0.288 e. The molecular weight excluding hydrogens is 342 g/mol. The van der Waals surface area contributed by atoms with Crippen LogP contribution in [0.2, 0.25) is 0 Å². The Bertz CT molecular complexity index is 774. The Morgan fingerprint density at radius 3 is 2.50 bits per heavy atom. The van der Waals surface area contributed by atoms with Crippen molar-refractivity contribution < 1.29 is 13.9 Å². The number of H-pyrrole nitrogens is 1. The number of nitrogens with zero attached hydrogens (tertiary/aromatic N) is 3. The minimum atomic E-state index is -0.882. The van der Waals surface area contributed by atoms with Crippen molar-refractivity contribution in [2.45, 2.75) is 18.9 Å². The highest BCUT2D eigenvalue weighted by Gasteiger charge is 2.19. The molecule has 2 heterocycles. The number of benzene rings is 1. The minimum absolute atomic E-state index is 0.309. The number of aliphatic hydroxyl groups excluding tert-OH is 1. The molecule has 26 heavy (non-hydrogen) atoms. The molecule has 140 valence electrons. The van der Waals surface area contributed by atoms with E-state index in [1.54, 1.807) is 12.1 Å². The van der Waals surface area contributed by atoms with E-state index in [1.165, 1.54) is 12.1 Å². The van der Waals surface area contributed by atoms with Crippen molar-refractivity contribution in [3.63, 3.8) is 0 Å². The average molecular weight is 364 g/mol. The van der Waals surface area contributed by atoms with Gasteiger partial charge in [-0.15, -0.1) is 0 Å². The van der Waals surface area contributed by atoms with E-state index in [4.69, 9.17) is 0 Å². The molecule has 1 aliphatic heterocycles. The minimum Gasteiger partial charge on any atom is -0.388 e. The second kappa shape index (κ2) is 8.37. The SMILES string of the molecule is O=c1[nH]c(N2CCN(CCCC(O)c3ccc(F)cc3)CC2)ncc1F. The van der Waals surface area contributed by atoms with Gasteiger partial charge < -0.3 is 10.0 Å². The van der Waals surface area contributed by atoms with Crippen molar-refractivity contribution in [3.8, 4) is 0 Å². The summed E-state index contributed by atoms with van der Waals surface area (Å²) < 4.78 is 25.9. The van der Waals surface area contributed by atoms with Gasteiger partial charge in [0.1, 0.15) is 5.82 Å². The number of hydrogen-bond acceptors (Lipinski definition) is 5. The Balaban J connectivity index is 1.42. The molecule has 6 nitrogen and oxygen atoms in total. The Morgan fingerprint density at radius 2 is 1.85 bits per heavy atom. The summed E-state index contributed by atoms with van der Waals surface area (Å²) in [5, 5.41) is 10.2. The highest BCUT2D eigenvalue weighted by atomic mass is 19.1. The van der Waals surface area contributed by atoms with Crippen LogP contribution in [0.1, 0.15) is 24.5 Å². The lowest BCUT2D eigenvalue weighted by molar-refractivity contribution is 0.154. The highest BCUT2D eigenvalue weighted by Crippen LogP contribution is 2.19. The van der Waals surface area contributed by atoms with E-state index in [-0.39, 0.29) is 5.82 Å². The molecule has 8 heteroatoms. The summed E-state index contributed by atoms with van der Waals surface area (Å²) in [6.07, 6.45) is 1.78. The van der Waals surface area contributed by atoms with E-state index in [0.29, 0.717) is 25.5 Å². The van der Waals surface area contributed by atoms with Crippen LogP contribution in [0, 0.1) is 11.6 Å². The quantitative estimate of drug-likeness (QED) is 0.816. The molecule has 0 bridgehead atoms. The number of anilines is 1. The van der Waals surface area contributed by atoms with Crippen LogP contribution in [-0.2, 0) is 0 Å². The smallest absolute Gasteiger partial charge is 0.288 e. The number of piperazine rings is 1. The van der Waals surface area contributed by atoms with Crippen molar-refractivity contribution >= 4 is 5.95 Å². The van der Waals surface area contributed by atoms with Gasteiger partial charge in [-0.2, -0.15) is 4.39 Å². The monoisotopic (exact) mass is 364 g/mol. The van der Waals surface area contributed by atoms with Crippen molar-refractivity contribution in [2.75, 3.05) is 37.6 Å². The zero-order valence-corrected chi connectivity index (χ0v) is 14.4. The zero-order valence-electron chi connectivity index (χ0n) is 14.4. The van der Waals surface area contributed by atoms with E-state index in [0.717, 1.165) is 37.8 Å². The normalized spacial score (nSPS) is 16.7. The van der Waals surface area contributed by atoms with Crippen LogP contribution in [0.25, 0.3) is 0 Å². The molecule has 0 aliphatic carbocycles. The number of hydrogen-bond donors (Lipinski definition) is 2. The van der Waals surface area contributed by atoms with Gasteiger partial charge in [-0.05, 0) is 37.1 Å². The van der Waals surface area contributed by atoms with Gasteiger partial charge in [0.2, 0.25) is 11.8 Å². The summed E-state index contributed by atoms with van der Waals surface area (Å²) in [6, 6.07) is 5.92. The first kappa shape index (κ1) is 18.5. The molecule has 1 unspecified atom stereocenters. The summed E-state index contributed by atoms with van der Waals surface area (Å²) in [7, 11) is 0. The van der Waals surface area contributed by atoms with Crippen LogP contribution in [0.5, 0.6) is 0 Å². The molecule has 0 radical (unpaired) electrons. The molecular formula is C18H22F2N4O2. The van der Waals surface area contributed by atoms with Crippen LogP contribution in [0.15, 0.2) is 35.3 Å². The molecule has 1 aliphatic rings. The van der Waals surface area contributed by atoms with Gasteiger partial charge in [0.05, 0.1) is 12.3 Å². The lowest BCUT2D eigenvalue weighted by Gasteiger charge is -2.35. The summed E-state index contributed by atoms with van der Waals surface area (Å²) in [4.78, 5) is 21.9. The second-order valence-electron chi connectivity index (χ2n) is 6.42. The van der Waals surface area contributed by atoms with Crippen molar-refractivity contribution in [3.05, 3.63) is 58.0 Å². The molecule has 1 aromatic heterocycles. The van der Waals surface area contributed by atoms with Crippen molar-refractivity contribution in [2.24, 2.45) is 0 Å². The summed E-state index contributed by atoms with van der Waals surface area (Å²) in [5.74, 6) is -0.800. The van der Waals surface area contributed by atoms with Crippen LogP contribution in [0.3, 0.4) is 0 Å². The fourth-order valence-electron chi connectivity index (χ4n) is 3.07. The van der Waals surface area contributed by atoms with Gasteiger partial charge in [-0.25, -0.2) is 9.37 Å². The molecule has 0 saturated carbocycles. The first-order chi connectivity index (χ1) is 12.5. The molecule has 1 fully saturated rings. The van der Waals surface area contributed by atoms with E-state index in [1.807, 2.05) is 4.90 Å². The predicted octanol–water partition coefficient (Wildman–Crippen LogP) is 1.68. The van der Waals surface area contributed by atoms with E-state index >= 15 is 0 Å². The van der Waals surface area contributed by atoms with Crippen LogP contribution in [-0.4, -0.2) is 52.7 Å².